The van der Waals surface area contributed by atoms with Crippen LogP contribution in [-0.4, -0.2) is 24.4 Å². The first-order valence-corrected chi connectivity index (χ1v) is 4.05. The van der Waals surface area contributed by atoms with E-state index >= 15 is 0 Å². The number of hydrogen-bond acceptors (Lipinski definition) is 4. The van der Waals surface area contributed by atoms with Crippen molar-refractivity contribution < 1.29 is 14.7 Å². The van der Waals surface area contributed by atoms with E-state index in [9.17, 15) is 10.1 Å². The van der Waals surface area contributed by atoms with Gasteiger partial charge in [0.2, 0.25) is 0 Å². The lowest BCUT2D eigenvalue weighted by molar-refractivity contribution is -0.759. The van der Waals surface area contributed by atoms with E-state index in [1.165, 1.54) is 0 Å². The predicted octanol–water partition coefficient (Wildman–Crippen LogP) is 1.40. The van der Waals surface area contributed by atoms with Gasteiger partial charge in [-0.15, -0.1) is 10.1 Å². The molecule has 5 nitrogen and oxygen atoms in total. The lowest BCUT2D eigenvalue weighted by Gasteiger charge is -2.10. The topological polar surface area (TPSA) is 61.6 Å². The molecular formula is C7H15NO4. The Morgan fingerprint density at radius 1 is 1.58 bits per heavy atom. The van der Waals surface area contributed by atoms with Crippen LogP contribution in [0.5, 0.6) is 0 Å². The molecule has 0 N–H and O–H groups in total. The van der Waals surface area contributed by atoms with Crippen LogP contribution < -0.4 is 0 Å². The molecule has 0 radical (unpaired) electrons. The smallest absolute Gasteiger partial charge is 0.294 e. The lowest BCUT2D eigenvalue weighted by Crippen LogP contribution is -2.18. The monoisotopic (exact) mass is 177 g/mol. The minimum absolute atomic E-state index is 0.0106. The quantitative estimate of drug-likeness (QED) is 0.335. The van der Waals surface area contributed by atoms with Crippen molar-refractivity contribution in [2.24, 2.45) is 0 Å². The van der Waals surface area contributed by atoms with Crippen molar-refractivity contribution in [2.45, 2.75) is 32.8 Å². The van der Waals surface area contributed by atoms with Crippen LogP contribution in [0.3, 0.4) is 0 Å². The summed E-state index contributed by atoms with van der Waals surface area (Å²) in [5, 5.41) is 8.96. The molecule has 0 aromatic carbocycles. The molecule has 5 heteroatoms. The van der Waals surface area contributed by atoms with Crippen LogP contribution >= 0.6 is 0 Å². The fourth-order valence-electron chi connectivity index (χ4n) is 0.643. The zero-order valence-electron chi connectivity index (χ0n) is 7.49. The standard InChI is InChI=1S/C7H15NO4/c1-3-4-5-11-7(2)6-12-8(9)10/h7H,3-6H2,1-2H3. The summed E-state index contributed by atoms with van der Waals surface area (Å²) >= 11 is 0. The maximum atomic E-state index is 9.76. The minimum Gasteiger partial charge on any atom is -0.377 e. The van der Waals surface area contributed by atoms with Crippen molar-refractivity contribution in [1.82, 2.24) is 0 Å². The summed E-state index contributed by atoms with van der Waals surface area (Å²) in [6.07, 6.45) is 1.83. The Kier molecular flexibility index (Phi) is 6.37. The van der Waals surface area contributed by atoms with Crippen molar-refractivity contribution in [3.05, 3.63) is 10.1 Å². The van der Waals surface area contributed by atoms with Gasteiger partial charge in [0.1, 0.15) is 6.61 Å². The summed E-state index contributed by atoms with van der Waals surface area (Å²) in [4.78, 5) is 13.9. The highest BCUT2D eigenvalue weighted by atomic mass is 17.0. The normalized spacial score (nSPS) is 12.5. The molecule has 0 amide bonds. The summed E-state index contributed by atoms with van der Waals surface area (Å²) in [7, 11) is 0. The third-order valence-electron chi connectivity index (χ3n) is 1.31. The summed E-state index contributed by atoms with van der Waals surface area (Å²) in [6, 6.07) is 0. The van der Waals surface area contributed by atoms with Crippen LogP contribution in [0.2, 0.25) is 0 Å². The lowest BCUT2D eigenvalue weighted by atomic mass is 10.3. The molecule has 0 aliphatic heterocycles. The molecule has 0 spiro atoms. The van der Waals surface area contributed by atoms with E-state index in [2.05, 4.69) is 11.8 Å². The average Bonchev–Trinajstić information content (AvgIpc) is 2.01. The van der Waals surface area contributed by atoms with Gasteiger partial charge in [-0.1, -0.05) is 13.3 Å². The Morgan fingerprint density at radius 2 is 2.25 bits per heavy atom. The fourth-order valence-corrected chi connectivity index (χ4v) is 0.643. The van der Waals surface area contributed by atoms with E-state index in [1.54, 1.807) is 6.92 Å². The zero-order valence-corrected chi connectivity index (χ0v) is 7.49. The average molecular weight is 177 g/mol. The van der Waals surface area contributed by atoms with Crippen LogP contribution in [0.1, 0.15) is 26.7 Å². The highest BCUT2D eigenvalue weighted by Gasteiger charge is 2.03. The Bertz CT molecular complexity index is 129. The Morgan fingerprint density at radius 3 is 2.75 bits per heavy atom. The summed E-state index contributed by atoms with van der Waals surface area (Å²) < 4.78 is 5.20. The second-order valence-corrected chi connectivity index (χ2v) is 2.55. The Hall–Kier alpha value is -0.840. The van der Waals surface area contributed by atoms with Gasteiger partial charge in [0.25, 0.3) is 5.09 Å². The van der Waals surface area contributed by atoms with Crippen molar-refractivity contribution in [1.29, 1.82) is 0 Å². The molecule has 1 unspecified atom stereocenters. The first kappa shape index (κ1) is 11.2. The van der Waals surface area contributed by atoms with Gasteiger partial charge in [0.15, 0.2) is 0 Å². The number of unbranched alkanes of at least 4 members (excludes halogenated alkanes) is 1. The fraction of sp³-hybridized carbons (Fsp3) is 1.00. The second kappa shape index (κ2) is 6.84. The molecule has 1 atom stereocenters. The molecule has 0 heterocycles. The molecule has 72 valence electrons. The molecule has 0 bridgehead atoms. The van der Waals surface area contributed by atoms with E-state index in [-0.39, 0.29) is 12.7 Å². The molecule has 12 heavy (non-hydrogen) atoms. The summed E-state index contributed by atoms with van der Waals surface area (Å²) in [5.41, 5.74) is 0. The van der Waals surface area contributed by atoms with Gasteiger partial charge in [-0.05, 0) is 13.3 Å². The maximum Gasteiger partial charge on any atom is 0.294 e. The number of nitrogens with zero attached hydrogens (tertiary/aromatic N) is 1. The van der Waals surface area contributed by atoms with Gasteiger partial charge in [-0.25, -0.2) is 0 Å². The molecule has 0 saturated heterocycles. The maximum absolute atomic E-state index is 9.76. The van der Waals surface area contributed by atoms with Gasteiger partial charge in [0.05, 0.1) is 6.10 Å². The number of hydrogen-bond donors (Lipinski definition) is 0. The molecule has 0 aromatic heterocycles. The van der Waals surface area contributed by atoms with Gasteiger partial charge >= 0.3 is 0 Å². The third kappa shape index (κ3) is 7.27. The van der Waals surface area contributed by atoms with Crippen LogP contribution in [0, 0.1) is 10.1 Å². The minimum atomic E-state index is -0.806. The van der Waals surface area contributed by atoms with Crippen LogP contribution in [0.4, 0.5) is 0 Å². The number of ether oxygens (including phenoxy) is 1. The van der Waals surface area contributed by atoms with Gasteiger partial charge in [-0.3, -0.25) is 0 Å². The van der Waals surface area contributed by atoms with Gasteiger partial charge < -0.3 is 9.57 Å². The highest BCUT2D eigenvalue weighted by Crippen LogP contribution is 1.95. The third-order valence-corrected chi connectivity index (χ3v) is 1.31. The van der Waals surface area contributed by atoms with E-state index in [0.717, 1.165) is 12.8 Å². The SMILES string of the molecule is CCCCOC(C)CO[N+](=O)[O-]. The van der Waals surface area contributed by atoms with Crippen molar-refractivity contribution >= 4 is 0 Å². The van der Waals surface area contributed by atoms with Crippen LogP contribution in [0.15, 0.2) is 0 Å². The summed E-state index contributed by atoms with van der Waals surface area (Å²) in [6.45, 7) is 4.45. The summed E-state index contributed by atoms with van der Waals surface area (Å²) in [5.74, 6) is 0. The molecule has 0 fully saturated rings. The van der Waals surface area contributed by atoms with E-state index in [1.807, 2.05) is 0 Å². The molecule has 0 aliphatic rings. The molecule has 0 aliphatic carbocycles. The first-order valence-electron chi connectivity index (χ1n) is 4.05. The molecule has 0 saturated carbocycles. The molecular weight excluding hydrogens is 162 g/mol. The largest absolute Gasteiger partial charge is 0.377 e. The van der Waals surface area contributed by atoms with Crippen molar-refractivity contribution in [3.63, 3.8) is 0 Å². The van der Waals surface area contributed by atoms with Crippen LogP contribution in [-0.2, 0) is 9.57 Å². The number of rotatable bonds is 7. The van der Waals surface area contributed by atoms with Gasteiger partial charge in [0, 0.05) is 6.61 Å². The zero-order chi connectivity index (χ0) is 9.40. The molecule has 0 rings (SSSR count). The van der Waals surface area contributed by atoms with Crippen molar-refractivity contribution in [2.75, 3.05) is 13.2 Å². The van der Waals surface area contributed by atoms with Crippen molar-refractivity contribution in [3.8, 4) is 0 Å². The Labute approximate surface area is 71.8 Å². The second-order valence-electron chi connectivity index (χ2n) is 2.55. The Balaban J connectivity index is 3.21. The van der Waals surface area contributed by atoms with Gasteiger partial charge in [-0.2, -0.15) is 0 Å². The predicted molar refractivity (Wildman–Crippen MR) is 43.3 cm³/mol. The van der Waals surface area contributed by atoms with E-state index in [0.29, 0.717) is 6.61 Å². The van der Waals surface area contributed by atoms with E-state index < -0.39 is 5.09 Å². The first-order chi connectivity index (χ1) is 5.66. The van der Waals surface area contributed by atoms with E-state index in [4.69, 9.17) is 4.74 Å². The molecule has 0 aromatic rings. The van der Waals surface area contributed by atoms with Crippen LogP contribution in [0.25, 0.3) is 0 Å². The highest BCUT2D eigenvalue weighted by molar-refractivity contribution is 4.44.